The molecule has 0 aromatic heterocycles. The van der Waals surface area contributed by atoms with Crippen LogP contribution in [0.3, 0.4) is 0 Å². The Labute approximate surface area is 132 Å². The summed E-state index contributed by atoms with van der Waals surface area (Å²) in [6.07, 6.45) is 4.48. The van der Waals surface area contributed by atoms with Crippen LogP contribution in [-0.2, 0) is 12.1 Å². The topological polar surface area (TPSA) is 44.5 Å². The molecule has 3 rings (SSSR count). The Morgan fingerprint density at radius 2 is 1.73 bits per heavy atom. The van der Waals surface area contributed by atoms with E-state index in [1.807, 2.05) is 42.5 Å². The van der Waals surface area contributed by atoms with Crippen molar-refractivity contribution in [3.63, 3.8) is 0 Å². The maximum atomic E-state index is 6.52. The predicted octanol–water partition coefficient (Wildman–Crippen LogP) is 4.00. The monoisotopic (exact) mass is 297 g/mol. The van der Waals surface area contributed by atoms with Crippen molar-refractivity contribution in [3.05, 3.63) is 59.7 Å². The van der Waals surface area contributed by atoms with E-state index in [1.165, 1.54) is 12.8 Å². The zero-order chi connectivity index (χ0) is 15.4. The molecule has 0 saturated heterocycles. The first-order valence-corrected chi connectivity index (χ1v) is 7.85. The summed E-state index contributed by atoms with van der Waals surface area (Å²) in [6.45, 7) is 0.532. The van der Waals surface area contributed by atoms with E-state index in [1.54, 1.807) is 7.11 Å². The van der Waals surface area contributed by atoms with Crippen LogP contribution in [0.2, 0.25) is 0 Å². The van der Waals surface area contributed by atoms with Crippen molar-refractivity contribution in [2.24, 2.45) is 5.73 Å². The van der Waals surface area contributed by atoms with Crippen LogP contribution in [0, 0.1) is 0 Å². The Morgan fingerprint density at radius 1 is 1.00 bits per heavy atom. The summed E-state index contributed by atoms with van der Waals surface area (Å²) in [5.74, 6) is 1.52. The fraction of sp³-hybridized carbons (Fsp3) is 0.368. The molecular weight excluding hydrogens is 274 g/mol. The number of ether oxygens (including phenoxy) is 2. The summed E-state index contributed by atoms with van der Waals surface area (Å²) in [6, 6.07) is 16.2. The van der Waals surface area contributed by atoms with Gasteiger partial charge in [-0.15, -0.1) is 0 Å². The Balaban J connectivity index is 1.77. The van der Waals surface area contributed by atoms with Gasteiger partial charge in [-0.3, -0.25) is 0 Å². The summed E-state index contributed by atoms with van der Waals surface area (Å²) in [5.41, 5.74) is 8.61. The molecule has 1 aliphatic rings. The minimum Gasteiger partial charge on any atom is -0.493 e. The third kappa shape index (κ3) is 3.09. The first-order valence-electron chi connectivity index (χ1n) is 7.85. The molecule has 116 valence electrons. The molecule has 3 heteroatoms. The Bertz CT molecular complexity index is 619. The second-order valence-corrected chi connectivity index (χ2v) is 6.00. The fourth-order valence-electron chi connectivity index (χ4n) is 3.13. The van der Waals surface area contributed by atoms with Crippen molar-refractivity contribution in [2.45, 2.75) is 37.8 Å². The van der Waals surface area contributed by atoms with Crippen molar-refractivity contribution in [2.75, 3.05) is 7.11 Å². The van der Waals surface area contributed by atoms with Gasteiger partial charge in [-0.05, 0) is 36.1 Å². The van der Waals surface area contributed by atoms with Crippen molar-refractivity contribution < 1.29 is 9.47 Å². The summed E-state index contributed by atoms with van der Waals surface area (Å²) >= 11 is 0. The van der Waals surface area contributed by atoms with Gasteiger partial charge in [0.2, 0.25) is 0 Å². The lowest BCUT2D eigenvalue weighted by Crippen LogP contribution is -2.32. The second-order valence-electron chi connectivity index (χ2n) is 6.00. The standard InChI is InChI=1S/C19H23NO2/c1-21-18-13-16(19(20)11-5-6-12-19)9-10-17(18)22-14-15-7-3-2-4-8-15/h2-4,7-10,13H,5-6,11-12,14,20H2,1H3. The van der Waals surface area contributed by atoms with Gasteiger partial charge in [0.1, 0.15) is 6.61 Å². The molecule has 2 aromatic rings. The van der Waals surface area contributed by atoms with Crippen molar-refractivity contribution >= 4 is 0 Å². The van der Waals surface area contributed by atoms with Gasteiger partial charge in [0, 0.05) is 5.54 Å². The van der Waals surface area contributed by atoms with E-state index in [0.717, 1.165) is 35.5 Å². The smallest absolute Gasteiger partial charge is 0.161 e. The molecule has 0 radical (unpaired) electrons. The Hall–Kier alpha value is -2.00. The van der Waals surface area contributed by atoms with E-state index in [-0.39, 0.29) is 5.54 Å². The number of rotatable bonds is 5. The number of methoxy groups -OCH3 is 1. The maximum Gasteiger partial charge on any atom is 0.161 e. The van der Waals surface area contributed by atoms with E-state index >= 15 is 0 Å². The lowest BCUT2D eigenvalue weighted by atomic mass is 9.89. The van der Waals surface area contributed by atoms with Crippen LogP contribution in [-0.4, -0.2) is 7.11 Å². The van der Waals surface area contributed by atoms with Crippen molar-refractivity contribution in [1.29, 1.82) is 0 Å². The molecule has 2 aromatic carbocycles. The third-order valence-corrected chi connectivity index (χ3v) is 4.47. The first kappa shape index (κ1) is 14.9. The van der Waals surface area contributed by atoms with Crippen LogP contribution in [0.5, 0.6) is 11.5 Å². The van der Waals surface area contributed by atoms with Crippen LogP contribution in [0.1, 0.15) is 36.8 Å². The molecule has 0 bridgehead atoms. The highest BCUT2D eigenvalue weighted by Crippen LogP contribution is 2.39. The Kier molecular flexibility index (Phi) is 4.34. The quantitative estimate of drug-likeness (QED) is 0.907. The van der Waals surface area contributed by atoms with Gasteiger partial charge in [-0.2, -0.15) is 0 Å². The number of nitrogens with two attached hydrogens (primary N) is 1. The molecule has 1 saturated carbocycles. The summed E-state index contributed by atoms with van der Waals surface area (Å²) in [5, 5.41) is 0. The Morgan fingerprint density at radius 3 is 2.41 bits per heavy atom. The summed E-state index contributed by atoms with van der Waals surface area (Å²) in [4.78, 5) is 0. The molecular formula is C19H23NO2. The lowest BCUT2D eigenvalue weighted by Gasteiger charge is -2.25. The van der Waals surface area contributed by atoms with Gasteiger partial charge < -0.3 is 15.2 Å². The average molecular weight is 297 g/mol. The minimum atomic E-state index is -0.203. The summed E-state index contributed by atoms with van der Waals surface area (Å²) < 4.78 is 11.4. The molecule has 0 aliphatic heterocycles. The molecule has 0 unspecified atom stereocenters. The number of hydrogen-bond acceptors (Lipinski definition) is 3. The highest BCUT2D eigenvalue weighted by atomic mass is 16.5. The molecule has 0 spiro atoms. The van der Waals surface area contributed by atoms with Crippen LogP contribution in [0.4, 0.5) is 0 Å². The van der Waals surface area contributed by atoms with Gasteiger partial charge in [0.05, 0.1) is 7.11 Å². The fourth-order valence-corrected chi connectivity index (χ4v) is 3.13. The maximum absolute atomic E-state index is 6.52. The molecule has 0 amide bonds. The van der Waals surface area contributed by atoms with Gasteiger partial charge in [0.25, 0.3) is 0 Å². The molecule has 3 nitrogen and oxygen atoms in total. The van der Waals surface area contributed by atoms with E-state index in [2.05, 4.69) is 6.07 Å². The normalized spacial score (nSPS) is 16.5. The van der Waals surface area contributed by atoms with E-state index in [9.17, 15) is 0 Å². The molecule has 2 N–H and O–H groups in total. The van der Waals surface area contributed by atoms with Crippen molar-refractivity contribution in [3.8, 4) is 11.5 Å². The molecule has 22 heavy (non-hydrogen) atoms. The first-order chi connectivity index (χ1) is 10.7. The number of benzene rings is 2. The summed E-state index contributed by atoms with van der Waals surface area (Å²) in [7, 11) is 1.67. The van der Waals surface area contributed by atoms with E-state index in [4.69, 9.17) is 15.2 Å². The van der Waals surface area contributed by atoms with E-state index in [0.29, 0.717) is 6.61 Å². The highest BCUT2D eigenvalue weighted by molar-refractivity contribution is 5.45. The third-order valence-electron chi connectivity index (χ3n) is 4.47. The van der Waals surface area contributed by atoms with Gasteiger partial charge in [-0.25, -0.2) is 0 Å². The minimum absolute atomic E-state index is 0.203. The van der Waals surface area contributed by atoms with Crippen LogP contribution < -0.4 is 15.2 Å². The molecule has 1 aliphatic carbocycles. The molecule has 0 atom stereocenters. The number of hydrogen-bond donors (Lipinski definition) is 1. The van der Waals surface area contributed by atoms with Gasteiger partial charge in [-0.1, -0.05) is 49.2 Å². The van der Waals surface area contributed by atoms with Gasteiger partial charge in [0.15, 0.2) is 11.5 Å². The van der Waals surface area contributed by atoms with Crippen LogP contribution >= 0.6 is 0 Å². The van der Waals surface area contributed by atoms with Gasteiger partial charge >= 0.3 is 0 Å². The average Bonchev–Trinajstić information content (AvgIpc) is 3.01. The van der Waals surface area contributed by atoms with Crippen LogP contribution in [0.25, 0.3) is 0 Å². The van der Waals surface area contributed by atoms with E-state index < -0.39 is 0 Å². The second kappa shape index (κ2) is 6.41. The largest absolute Gasteiger partial charge is 0.493 e. The molecule has 1 fully saturated rings. The molecule has 0 heterocycles. The zero-order valence-electron chi connectivity index (χ0n) is 13.0. The predicted molar refractivity (Wildman–Crippen MR) is 88.1 cm³/mol. The lowest BCUT2D eigenvalue weighted by molar-refractivity contribution is 0.283. The van der Waals surface area contributed by atoms with Crippen LogP contribution in [0.15, 0.2) is 48.5 Å². The van der Waals surface area contributed by atoms with Crippen molar-refractivity contribution in [1.82, 2.24) is 0 Å². The SMILES string of the molecule is COc1cc(C2(N)CCCC2)ccc1OCc1ccccc1. The highest BCUT2D eigenvalue weighted by Gasteiger charge is 2.31. The zero-order valence-corrected chi connectivity index (χ0v) is 13.0.